The van der Waals surface area contributed by atoms with Crippen molar-refractivity contribution in [1.29, 1.82) is 0 Å². The van der Waals surface area contributed by atoms with Gasteiger partial charge < -0.3 is 9.64 Å². The van der Waals surface area contributed by atoms with Crippen LogP contribution in [0.2, 0.25) is 0 Å². The predicted molar refractivity (Wildman–Crippen MR) is 78.5 cm³/mol. The van der Waals surface area contributed by atoms with Gasteiger partial charge in [-0.1, -0.05) is 0 Å². The van der Waals surface area contributed by atoms with Gasteiger partial charge in [-0.2, -0.15) is 0 Å². The Kier molecular flexibility index (Phi) is 4.61. The highest BCUT2D eigenvalue weighted by molar-refractivity contribution is 5.69. The molecule has 0 amide bonds. The molecule has 0 unspecified atom stereocenters. The van der Waals surface area contributed by atoms with Crippen molar-refractivity contribution in [3.8, 4) is 0 Å². The van der Waals surface area contributed by atoms with E-state index >= 15 is 0 Å². The van der Waals surface area contributed by atoms with Crippen LogP contribution >= 0.6 is 0 Å². The van der Waals surface area contributed by atoms with Crippen LogP contribution < -0.4 is 0 Å². The summed E-state index contributed by atoms with van der Waals surface area (Å²) in [7, 11) is 0. The Balaban J connectivity index is 1.47. The summed E-state index contributed by atoms with van der Waals surface area (Å²) in [5.74, 6) is 0.790. The van der Waals surface area contributed by atoms with Crippen molar-refractivity contribution >= 4 is 5.97 Å². The van der Waals surface area contributed by atoms with Crippen LogP contribution in [0.15, 0.2) is 0 Å². The van der Waals surface area contributed by atoms with Crippen LogP contribution in [-0.4, -0.2) is 60.6 Å². The van der Waals surface area contributed by atoms with Crippen LogP contribution in [0.1, 0.15) is 45.4 Å². The monoisotopic (exact) mass is 280 g/mol. The van der Waals surface area contributed by atoms with E-state index in [4.69, 9.17) is 4.74 Å². The fourth-order valence-corrected chi connectivity index (χ4v) is 4.06. The molecule has 3 fully saturated rings. The lowest BCUT2D eigenvalue weighted by Gasteiger charge is -2.47. The molecule has 0 aromatic carbocycles. The average molecular weight is 280 g/mol. The summed E-state index contributed by atoms with van der Waals surface area (Å²) in [4.78, 5) is 16.7. The van der Waals surface area contributed by atoms with Crippen molar-refractivity contribution in [1.82, 2.24) is 9.80 Å². The van der Waals surface area contributed by atoms with Gasteiger partial charge in [-0.15, -0.1) is 0 Å². The Morgan fingerprint density at radius 2 is 2.05 bits per heavy atom. The van der Waals surface area contributed by atoms with E-state index in [-0.39, 0.29) is 5.97 Å². The zero-order chi connectivity index (χ0) is 13.9. The van der Waals surface area contributed by atoms with Crippen LogP contribution in [-0.2, 0) is 9.53 Å². The van der Waals surface area contributed by atoms with Gasteiger partial charge in [0.05, 0.1) is 13.0 Å². The molecule has 20 heavy (non-hydrogen) atoms. The van der Waals surface area contributed by atoms with Gasteiger partial charge >= 0.3 is 5.97 Å². The molecule has 1 saturated carbocycles. The summed E-state index contributed by atoms with van der Waals surface area (Å²) in [5.41, 5.74) is 0. The van der Waals surface area contributed by atoms with Gasteiger partial charge in [0.15, 0.2) is 0 Å². The largest absolute Gasteiger partial charge is 0.466 e. The van der Waals surface area contributed by atoms with Gasteiger partial charge in [0.2, 0.25) is 0 Å². The second-order valence-corrected chi connectivity index (χ2v) is 6.58. The maximum Gasteiger partial charge on any atom is 0.307 e. The maximum atomic E-state index is 11.5. The number of piperidine rings is 2. The van der Waals surface area contributed by atoms with Crippen LogP contribution in [0.3, 0.4) is 0 Å². The van der Waals surface area contributed by atoms with Gasteiger partial charge in [0, 0.05) is 25.2 Å². The van der Waals surface area contributed by atoms with Gasteiger partial charge in [-0.25, -0.2) is 0 Å². The minimum atomic E-state index is -0.0436. The van der Waals surface area contributed by atoms with E-state index in [1.54, 1.807) is 0 Å². The molecule has 0 spiro atoms. The molecule has 114 valence electrons. The molecular formula is C16H28N2O2. The molecule has 2 saturated heterocycles. The lowest BCUT2D eigenvalue weighted by atomic mass is 9.83. The third-order valence-corrected chi connectivity index (χ3v) is 5.15. The Morgan fingerprint density at radius 1 is 1.20 bits per heavy atom. The van der Waals surface area contributed by atoms with Crippen molar-refractivity contribution in [2.75, 3.05) is 32.8 Å². The molecule has 2 aliphatic heterocycles. The van der Waals surface area contributed by atoms with Crippen molar-refractivity contribution < 1.29 is 9.53 Å². The third kappa shape index (κ3) is 3.34. The van der Waals surface area contributed by atoms with Gasteiger partial charge in [0.1, 0.15) is 0 Å². The van der Waals surface area contributed by atoms with E-state index in [1.165, 1.54) is 45.2 Å². The molecule has 0 radical (unpaired) electrons. The van der Waals surface area contributed by atoms with E-state index in [0.717, 1.165) is 31.1 Å². The van der Waals surface area contributed by atoms with E-state index in [2.05, 4.69) is 9.80 Å². The molecule has 0 aromatic heterocycles. The predicted octanol–water partition coefficient (Wildman–Crippen LogP) is 1.89. The molecule has 1 aliphatic carbocycles. The first-order valence-corrected chi connectivity index (χ1v) is 8.41. The number of nitrogens with zero attached hydrogens (tertiary/aromatic N) is 2. The minimum absolute atomic E-state index is 0.0436. The molecule has 3 aliphatic rings. The quantitative estimate of drug-likeness (QED) is 0.720. The molecule has 0 N–H and O–H groups in total. The molecule has 4 heteroatoms. The molecular weight excluding hydrogens is 252 g/mol. The number of esters is 1. The Morgan fingerprint density at radius 3 is 2.80 bits per heavy atom. The Hall–Kier alpha value is -0.610. The minimum Gasteiger partial charge on any atom is -0.466 e. The molecule has 0 bridgehead atoms. The fraction of sp³-hybridized carbons (Fsp3) is 0.938. The molecule has 0 aromatic rings. The smallest absolute Gasteiger partial charge is 0.307 e. The van der Waals surface area contributed by atoms with Crippen molar-refractivity contribution in [3.05, 3.63) is 0 Å². The molecule has 2 heterocycles. The molecule has 2 atom stereocenters. The highest BCUT2D eigenvalue weighted by atomic mass is 16.5. The number of carbonyl (C=O) groups is 1. The third-order valence-electron chi connectivity index (χ3n) is 5.15. The summed E-state index contributed by atoms with van der Waals surface area (Å²) < 4.78 is 5.02. The van der Waals surface area contributed by atoms with E-state index in [9.17, 15) is 4.79 Å². The van der Waals surface area contributed by atoms with Crippen molar-refractivity contribution in [3.63, 3.8) is 0 Å². The summed E-state index contributed by atoms with van der Waals surface area (Å²) in [6.07, 6.45) is 7.44. The highest BCUT2D eigenvalue weighted by Crippen LogP contribution is 2.38. The SMILES string of the molecule is CCOC(=O)CCN1CC[C@@H]2[C@H](CCCN2C2CC2)C1. The summed E-state index contributed by atoms with van der Waals surface area (Å²) in [6, 6.07) is 1.74. The normalized spacial score (nSPS) is 31.9. The summed E-state index contributed by atoms with van der Waals surface area (Å²) in [5, 5.41) is 0. The van der Waals surface area contributed by atoms with E-state index in [0.29, 0.717) is 13.0 Å². The van der Waals surface area contributed by atoms with Crippen LogP contribution in [0, 0.1) is 5.92 Å². The number of likely N-dealkylation sites (tertiary alicyclic amines) is 2. The second kappa shape index (κ2) is 6.44. The number of ether oxygens (including phenoxy) is 1. The van der Waals surface area contributed by atoms with Crippen LogP contribution in [0.4, 0.5) is 0 Å². The Labute approximate surface area is 122 Å². The number of hydrogen-bond donors (Lipinski definition) is 0. The number of fused-ring (bicyclic) bond motifs is 1. The van der Waals surface area contributed by atoms with Gasteiger partial charge in [-0.3, -0.25) is 9.69 Å². The zero-order valence-corrected chi connectivity index (χ0v) is 12.7. The first-order chi connectivity index (χ1) is 9.78. The first-order valence-electron chi connectivity index (χ1n) is 8.41. The van der Waals surface area contributed by atoms with Crippen molar-refractivity contribution in [2.24, 2.45) is 5.92 Å². The lowest BCUT2D eigenvalue weighted by molar-refractivity contribution is -0.143. The Bertz CT molecular complexity index is 343. The lowest BCUT2D eigenvalue weighted by Crippen LogP contribution is -2.54. The number of hydrogen-bond acceptors (Lipinski definition) is 4. The number of rotatable bonds is 5. The van der Waals surface area contributed by atoms with E-state index in [1.807, 2.05) is 6.92 Å². The molecule has 3 rings (SSSR count). The van der Waals surface area contributed by atoms with Gasteiger partial charge in [0.25, 0.3) is 0 Å². The topological polar surface area (TPSA) is 32.8 Å². The van der Waals surface area contributed by atoms with Crippen molar-refractivity contribution in [2.45, 2.75) is 57.5 Å². The van der Waals surface area contributed by atoms with Gasteiger partial charge in [-0.05, 0) is 58.0 Å². The summed E-state index contributed by atoms with van der Waals surface area (Å²) >= 11 is 0. The average Bonchev–Trinajstić information content (AvgIpc) is 3.29. The van der Waals surface area contributed by atoms with E-state index < -0.39 is 0 Å². The van der Waals surface area contributed by atoms with Crippen LogP contribution in [0.5, 0.6) is 0 Å². The second-order valence-electron chi connectivity index (χ2n) is 6.58. The zero-order valence-electron chi connectivity index (χ0n) is 12.7. The maximum absolute atomic E-state index is 11.5. The molecule has 4 nitrogen and oxygen atoms in total. The fourth-order valence-electron chi connectivity index (χ4n) is 4.06. The number of carbonyl (C=O) groups excluding carboxylic acids is 1. The highest BCUT2D eigenvalue weighted by Gasteiger charge is 2.41. The first kappa shape index (κ1) is 14.3. The van der Waals surface area contributed by atoms with Crippen LogP contribution in [0.25, 0.3) is 0 Å². The standard InChI is InChI=1S/C16H28N2O2/c1-2-20-16(19)8-11-17-10-7-15-13(12-17)4-3-9-18(15)14-5-6-14/h13-15H,2-12H2,1H3/t13-,15-/m1/s1. The summed E-state index contributed by atoms with van der Waals surface area (Å²) in [6.45, 7) is 6.93.